The summed E-state index contributed by atoms with van der Waals surface area (Å²) < 4.78 is 39.9. The summed E-state index contributed by atoms with van der Waals surface area (Å²) in [7, 11) is 0. The summed E-state index contributed by atoms with van der Waals surface area (Å²) in [6.45, 7) is 3.82. The minimum atomic E-state index is -4.33. The lowest BCUT2D eigenvalue weighted by atomic mass is 9.86. The number of hydrogen-bond acceptors (Lipinski definition) is 2. The van der Waals surface area contributed by atoms with Crippen LogP contribution in [0.25, 0.3) is 0 Å². The van der Waals surface area contributed by atoms with Crippen LogP contribution in [0.1, 0.15) is 33.1 Å². The predicted octanol–water partition coefficient (Wildman–Crippen LogP) is 4.12. The van der Waals surface area contributed by atoms with Gasteiger partial charge in [-0.15, -0.1) is 0 Å². The summed E-state index contributed by atoms with van der Waals surface area (Å²) >= 11 is 0. The average molecular weight is 397 g/mol. The van der Waals surface area contributed by atoms with Crippen molar-refractivity contribution in [2.24, 2.45) is 11.8 Å². The van der Waals surface area contributed by atoms with Gasteiger partial charge in [0.25, 0.3) is 0 Å². The third-order valence-electron chi connectivity index (χ3n) is 5.93. The SMILES string of the molecule is CC1(C)C(C(F)(F)F)CCN1C(=O)C1CCCN(C(=O)Nc2ccccc2)C1. The molecule has 0 spiro atoms. The normalized spacial score (nSPS) is 24.9. The minimum absolute atomic E-state index is 0.0762. The molecule has 2 heterocycles. The first kappa shape index (κ1) is 20.5. The highest BCUT2D eigenvalue weighted by Crippen LogP contribution is 2.45. The van der Waals surface area contributed by atoms with Crippen LogP contribution < -0.4 is 5.32 Å². The Hall–Kier alpha value is -2.25. The van der Waals surface area contributed by atoms with Crippen LogP contribution in [-0.2, 0) is 4.79 Å². The van der Waals surface area contributed by atoms with E-state index in [0.29, 0.717) is 25.1 Å². The predicted molar refractivity (Wildman–Crippen MR) is 99.7 cm³/mol. The second-order valence-electron chi connectivity index (χ2n) is 8.11. The number of halogens is 3. The summed E-state index contributed by atoms with van der Waals surface area (Å²) in [5.74, 6) is -2.28. The number of carbonyl (C=O) groups excluding carboxylic acids is 2. The van der Waals surface area contributed by atoms with Crippen LogP contribution in [0.3, 0.4) is 0 Å². The van der Waals surface area contributed by atoms with Crippen molar-refractivity contribution in [2.45, 2.75) is 44.8 Å². The van der Waals surface area contributed by atoms with Crippen LogP contribution in [0.5, 0.6) is 0 Å². The maximum Gasteiger partial charge on any atom is 0.394 e. The number of piperidine rings is 1. The van der Waals surface area contributed by atoms with Crippen LogP contribution in [0, 0.1) is 11.8 Å². The second kappa shape index (κ2) is 7.64. The quantitative estimate of drug-likeness (QED) is 0.816. The first-order valence-electron chi connectivity index (χ1n) is 9.60. The molecule has 2 aliphatic heterocycles. The van der Waals surface area contributed by atoms with E-state index in [2.05, 4.69) is 5.32 Å². The zero-order valence-corrected chi connectivity index (χ0v) is 16.1. The van der Waals surface area contributed by atoms with Gasteiger partial charge in [0.15, 0.2) is 0 Å². The van der Waals surface area contributed by atoms with Crippen molar-refractivity contribution in [2.75, 3.05) is 25.0 Å². The van der Waals surface area contributed by atoms with E-state index in [9.17, 15) is 22.8 Å². The Labute approximate surface area is 162 Å². The Kier molecular flexibility index (Phi) is 5.59. The zero-order valence-electron chi connectivity index (χ0n) is 16.1. The highest BCUT2D eigenvalue weighted by atomic mass is 19.4. The Bertz CT molecular complexity index is 721. The molecule has 1 N–H and O–H groups in total. The van der Waals surface area contributed by atoms with E-state index >= 15 is 0 Å². The molecule has 2 saturated heterocycles. The molecule has 3 rings (SSSR count). The van der Waals surface area contributed by atoms with Crippen molar-refractivity contribution in [3.8, 4) is 0 Å². The number of nitrogens with one attached hydrogen (secondary N) is 1. The summed E-state index contributed by atoms with van der Waals surface area (Å²) in [6, 6.07) is 8.72. The van der Waals surface area contributed by atoms with Crippen molar-refractivity contribution in [1.29, 1.82) is 0 Å². The van der Waals surface area contributed by atoms with Crippen LogP contribution in [0.4, 0.5) is 23.7 Å². The topological polar surface area (TPSA) is 52.7 Å². The number of alkyl halides is 3. The van der Waals surface area contributed by atoms with Crippen molar-refractivity contribution in [3.63, 3.8) is 0 Å². The number of carbonyl (C=O) groups is 2. The minimum Gasteiger partial charge on any atom is -0.337 e. The van der Waals surface area contributed by atoms with Crippen LogP contribution in [0.2, 0.25) is 0 Å². The van der Waals surface area contributed by atoms with Gasteiger partial charge in [-0.25, -0.2) is 4.79 Å². The van der Waals surface area contributed by atoms with Gasteiger partial charge in [0, 0.05) is 30.9 Å². The molecule has 0 aliphatic carbocycles. The summed E-state index contributed by atoms with van der Waals surface area (Å²) in [5, 5.41) is 2.80. The number of amides is 3. The molecule has 2 atom stereocenters. The van der Waals surface area contributed by atoms with Crippen LogP contribution in [-0.4, -0.2) is 53.1 Å². The molecular formula is C20H26F3N3O2. The maximum atomic E-state index is 13.3. The third-order valence-corrected chi connectivity index (χ3v) is 5.93. The van der Waals surface area contributed by atoms with Crippen molar-refractivity contribution >= 4 is 17.6 Å². The van der Waals surface area contributed by atoms with Gasteiger partial charge in [0.1, 0.15) is 0 Å². The smallest absolute Gasteiger partial charge is 0.337 e. The standard InChI is InChI=1S/C20H26F3N3O2/c1-19(2)16(20(21,22)23)10-12-26(19)17(27)14-7-6-11-25(13-14)18(28)24-15-8-4-3-5-9-15/h3-5,8-9,14,16H,6-7,10-13H2,1-2H3,(H,24,28). The van der Waals surface area contributed by atoms with E-state index < -0.39 is 23.6 Å². The van der Waals surface area contributed by atoms with Gasteiger partial charge in [-0.05, 0) is 45.2 Å². The lowest BCUT2D eigenvalue weighted by Crippen LogP contribution is -2.54. The summed E-state index contributed by atoms with van der Waals surface area (Å²) in [6.07, 6.45) is -3.17. The highest BCUT2D eigenvalue weighted by molar-refractivity contribution is 5.90. The number of rotatable bonds is 2. The van der Waals surface area contributed by atoms with Crippen molar-refractivity contribution in [1.82, 2.24) is 9.80 Å². The molecule has 154 valence electrons. The molecule has 2 fully saturated rings. The molecule has 0 saturated carbocycles. The number of likely N-dealkylation sites (tertiary alicyclic amines) is 2. The van der Waals surface area contributed by atoms with Gasteiger partial charge in [-0.2, -0.15) is 13.2 Å². The van der Waals surface area contributed by atoms with Gasteiger partial charge in [0.2, 0.25) is 5.91 Å². The number of urea groups is 1. The Morgan fingerprint density at radius 2 is 1.79 bits per heavy atom. The van der Waals surface area contributed by atoms with Gasteiger partial charge >= 0.3 is 12.2 Å². The maximum absolute atomic E-state index is 13.3. The number of nitrogens with zero attached hydrogens (tertiary/aromatic N) is 2. The molecule has 1 aromatic carbocycles. The molecule has 8 heteroatoms. The molecule has 2 unspecified atom stereocenters. The lowest BCUT2D eigenvalue weighted by Gasteiger charge is -2.40. The molecule has 1 aromatic rings. The molecular weight excluding hydrogens is 371 g/mol. The molecule has 3 amide bonds. The molecule has 28 heavy (non-hydrogen) atoms. The first-order chi connectivity index (χ1) is 13.1. The number of anilines is 1. The van der Waals surface area contributed by atoms with E-state index in [1.807, 2.05) is 18.2 Å². The number of hydrogen-bond donors (Lipinski definition) is 1. The summed E-state index contributed by atoms with van der Waals surface area (Å²) in [5.41, 5.74) is -0.612. The fourth-order valence-corrected chi connectivity index (χ4v) is 4.35. The van der Waals surface area contributed by atoms with E-state index in [0.717, 1.165) is 0 Å². The van der Waals surface area contributed by atoms with Crippen LogP contribution >= 0.6 is 0 Å². The van der Waals surface area contributed by atoms with Gasteiger partial charge in [-0.3, -0.25) is 4.79 Å². The van der Waals surface area contributed by atoms with E-state index in [4.69, 9.17) is 0 Å². The number of benzene rings is 1. The van der Waals surface area contributed by atoms with E-state index in [1.54, 1.807) is 17.0 Å². The molecule has 5 nitrogen and oxygen atoms in total. The Morgan fingerprint density at radius 3 is 2.39 bits per heavy atom. The molecule has 0 aromatic heterocycles. The van der Waals surface area contributed by atoms with E-state index in [-0.39, 0.29) is 31.4 Å². The van der Waals surface area contributed by atoms with Gasteiger partial charge in [0.05, 0.1) is 11.8 Å². The zero-order chi connectivity index (χ0) is 20.5. The second-order valence-corrected chi connectivity index (χ2v) is 8.11. The van der Waals surface area contributed by atoms with E-state index in [1.165, 1.54) is 18.7 Å². The van der Waals surface area contributed by atoms with Crippen LogP contribution in [0.15, 0.2) is 30.3 Å². The summed E-state index contributed by atoms with van der Waals surface area (Å²) in [4.78, 5) is 28.5. The van der Waals surface area contributed by atoms with Crippen molar-refractivity contribution < 1.29 is 22.8 Å². The fourth-order valence-electron chi connectivity index (χ4n) is 4.35. The van der Waals surface area contributed by atoms with Gasteiger partial charge in [-0.1, -0.05) is 18.2 Å². The Balaban J connectivity index is 1.65. The monoisotopic (exact) mass is 397 g/mol. The average Bonchev–Trinajstić information content (AvgIpc) is 2.97. The Morgan fingerprint density at radius 1 is 1.11 bits per heavy atom. The molecule has 2 aliphatic rings. The fraction of sp³-hybridized carbons (Fsp3) is 0.600. The molecule has 0 bridgehead atoms. The largest absolute Gasteiger partial charge is 0.394 e. The highest BCUT2D eigenvalue weighted by Gasteiger charge is 2.56. The van der Waals surface area contributed by atoms with Gasteiger partial charge < -0.3 is 15.1 Å². The molecule has 0 radical (unpaired) electrons. The number of para-hydroxylation sites is 1. The third kappa shape index (κ3) is 4.10. The first-order valence-corrected chi connectivity index (χ1v) is 9.60. The van der Waals surface area contributed by atoms with Crippen molar-refractivity contribution in [3.05, 3.63) is 30.3 Å². The lowest BCUT2D eigenvalue weighted by molar-refractivity contribution is -0.193.